The fraction of sp³-hybridized carbons (Fsp3) is 1.00. The highest BCUT2D eigenvalue weighted by Crippen LogP contribution is 2.14. The van der Waals surface area contributed by atoms with Crippen molar-refractivity contribution in [1.82, 2.24) is 10.2 Å². The van der Waals surface area contributed by atoms with E-state index < -0.39 is 14.6 Å². The summed E-state index contributed by atoms with van der Waals surface area (Å²) in [7, 11) is -2.99. The van der Waals surface area contributed by atoms with Crippen LogP contribution in [0.4, 0.5) is 0 Å². The van der Waals surface area contributed by atoms with Crippen LogP contribution in [0, 0.1) is 0 Å². The first-order valence-electron chi connectivity index (χ1n) is 6.40. The van der Waals surface area contributed by atoms with Gasteiger partial charge in [-0.15, -0.1) is 0 Å². The highest BCUT2D eigenvalue weighted by Gasteiger charge is 2.27. The molecule has 0 fully saturated rings. The Morgan fingerprint density at radius 2 is 1.59 bits per heavy atom. The van der Waals surface area contributed by atoms with Gasteiger partial charge in [-0.3, -0.25) is 0 Å². The van der Waals surface area contributed by atoms with Gasteiger partial charge in [0.15, 0.2) is 9.84 Å². The van der Waals surface area contributed by atoms with Gasteiger partial charge < -0.3 is 10.2 Å². The summed E-state index contributed by atoms with van der Waals surface area (Å²) in [6.07, 6.45) is 0. The lowest BCUT2D eigenvalue weighted by Gasteiger charge is -2.20. The fourth-order valence-electron chi connectivity index (χ4n) is 1.41. The number of nitrogens with one attached hydrogen (secondary N) is 1. The Hall–Kier alpha value is -0.130. The number of likely N-dealkylation sites (N-methyl/N-ethyl adjacent to an activating group) is 1. The summed E-state index contributed by atoms with van der Waals surface area (Å²) in [5.74, 6) is 0.217. The summed E-state index contributed by atoms with van der Waals surface area (Å²) >= 11 is 0. The molecule has 4 nitrogen and oxygen atoms in total. The zero-order valence-electron chi connectivity index (χ0n) is 11.9. The molecular formula is C12H28N2O2S. The van der Waals surface area contributed by atoms with Gasteiger partial charge in [-0.1, -0.05) is 13.8 Å². The number of rotatable bonds is 8. The second-order valence-electron chi connectivity index (χ2n) is 5.21. The molecule has 5 heteroatoms. The van der Waals surface area contributed by atoms with Crippen molar-refractivity contribution in [2.45, 2.75) is 39.4 Å². The van der Waals surface area contributed by atoms with Crippen molar-refractivity contribution in [2.75, 3.05) is 38.5 Å². The molecule has 0 unspecified atom stereocenters. The van der Waals surface area contributed by atoms with E-state index in [4.69, 9.17) is 0 Å². The van der Waals surface area contributed by atoms with Crippen LogP contribution in [0.15, 0.2) is 0 Å². The lowest BCUT2D eigenvalue weighted by atomic mass is 10.3. The number of hydrogen-bond donors (Lipinski definition) is 1. The van der Waals surface area contributed by atoms with Crippen LogP contribution in [0.2, 0.25) is 0 Å². The van der Waals surface area contributed by atoms with Crippen LogP contribution in [0.3, 0.4) is 0 Å². The normalized spacial score (nSPS) is 13.3. The molecule has 0 atom stereocenters. The molecule has 0 aromatic heterocycles. The molecule has 0 heterocycles. The minimum absolute atomic E-state index is 0.217. The van der Waals surface area contributed by atoms with Crippen LogP contribution in [0.5, 0.6) is 0 Å². The molecule has 0 bridgehead atoms. The van der Waals surface area contributed by atoms with Gasteiger partial charge in [-0.25, -0.2) is 8.42 Å². The Morgan fingerprint density at radius 3 is 2.00 bits per heavy atom. The molecule has 0 aliphatic carbocycles. The predicted octanol–water partition coefficient (Wildman–Crippen LogP) is 1.13. The van der Waals surface area contributed by atoms with Crippen molar-refractivity contribution in [1.29, 1.82) is 0 Å². The van der Waals surface area contributed by atoms with Gasteiger partial charge in [0.25, 0.3) is 0 Å². The van der Waals surface area contributed by atoms with Gasteiger partial charge in [0.2, 0.25) is 0 Å². The molecule has 0 radical (unpaired) electrons. The lowest BCUT2D eigenvalue weighted by molar-refractivity contribution is 0.303. The van der Waals surface area contributed by atoms with Crippen LogP contribution in [-0.2, 0) is 9.84 Å². The zero-order valence-corrected chi connectivity index (χ0v) is 12.7. The maximum atomic E-state index is 11.8. The van der Waals surface area contributed by atoms with Crippen molar-refractivity contribution in [2.24, 2.45) is 0 Å². The standard InChI is InChI=1S/C12H28N2O2S/c1-6-14(7-2)10-8-13-9-11-17(15,16)12(3,4)5/h13H,6-11H2,1-5H3. The molecule has 0 rings (SSSR count). The minimum Gasteiger partial charge on any atom is -0.314 e. The molecular weight excluding hydrogens is 236 g/mol. The SMILES string of the molecule is CCN(CC)CCNCCS(=O)(=O)C(C)(C)C. The van der Waals surface area contributed by atoms with Crippen LogP contribution >= 0.6 is 0 Å². The quantitative estimate of drug-likeness (QED) is 0.668. The molecule has 0 aromatic carbocycles. The second kappa shape index (κ2) is 7.34. The third-order valence-electron chi connectivity index (χ3n) is 2.98. The summed E-state index contributed by atoms with van der Waals surface area (Å²) in [5, 5.41) is 3.19. The zero-order chi connectivity index (χ0) is 13.5. The van der Waals surface area contributed by atoms with Crippen LogP contribution in [0.25, 0.3) is 0 Å². The molecule has 1 N–H and O–H groups in total. The molecule has 0 aromatic rings. The Kier molecular flexibility index (Phi) is 7.28. The maximum Gasteiger partial charge on any atom is 0.156 e. The topological polar surface area (TPSA) is 49.4 Å². The van der Waals surface area contributed by atoms with Gasteiger partial charge >= 0.3 is 0 Å². The Morgan fingerprint density at radius 1 is 1.06 bits per heavy atom. The average molecular weight is 264 g/mol. The summed E-state index contributed by atoms with van der Waals surface area (Å²) in [5.41, 5.74) is 0. The fourth-order valence-corrected chi connectivity index (χ4v) is 2.44. The molecule has 0 saturated heterocycles. The predicted molar refractivity (Wildman–Crippen MR) is 74.2 cm³/mol. The molecule has 17 heavy (non-hydrogen) atoms. The van der Waals surface area contributed by atoms with E-state index in [9.17, 15) is 8.42 Å². The van der Waals surface area contributed by atoms with Crippen molar-refractivity contribution in [3.8, 4) is 0 Å². The maximum absolute atomic E-state index is 11.8. The van der Waals surface area contributed by atoms with Crippen molar-refractivity contribution in [3.63, 3.8) is 0 Å². The summed E-state index contributed by atoms with van der Waals surface area (Å²) < 4.78 is 23.0. The van der Waals surface area contributed by atoms with Crippen LogP contribution in [-0.4, -0.2) is 56.5 Å². The molecule has 0 aliphatic rings. The molecule has 104 valence electrons. The van der Waals surface area contributed by atoms with E-state index in [0.717, 1.165) is 26.2 Å². The summed E-state index contributed by atoms with van der Waals surface area (Å²) in [6, 6.07) is 0. The van der Waals surface area contributed by atoms with E-state index in [0.29, 0.717) is 6.54 Å². The minimum atomic E-state index is -2.99. The highest BCUT2D eigenvalue weighted by atomic mass is 32.2. The van der Waals surface area contributed by atoms with E-state index in [1.807, 2.05) is 0 Å². The van der Waals surface area contributed by atoms with E-state index in [2.05, 4.69) is 24.1 Å². The first-order valence-corrected chi connectivity index (χ1v) is 8.05. The van der Waals surface area contributed by atoms with Crippen molar-refractivity contribution in [3.05, 3.63) is 0 Å². The molecule has 0 spiro atoms. The second-order valence-corrected chi connectivity index (χ2v) is 8.07. The van der Waals surface area contributed by atoms with Crippen molar-refractivity contribution < 1.29 is 8.42 Å². The lowest BCUT2D eigenvalue weighted by Crippen LogP contribution is -2.37. The monoisotopic (exact) mass is 264 g/mol. The van der Waals surface area contributed by atoms with E-state index in [-0.39, 0.29) is 5.75 Å². The smallest absolute Gasteiger partial charge is 0.156 e. The number of hydrogen-bond acceptors (Lipinski definition) is 4. The summed E-state index contributed by atoms with van der Waals surface area (Å²) in [4.78, 5) is 2.31. The highest BCUT2D eigenvalue weighted by molar-refractivity contribution is 7.92. The van der Waals surface area contributed by atoms with Crippen molar-refractivity contribution >= 4 is 9.84 Å². The van der Waals surface area contributed by atoms with Gasteiger partial charge in [-0.05, 0) is 33.9 Å². The van der Waals surface area contributed by atoms with Gasteiger partial charge in [0, 0.05) is 19.6 Å². The van der Waals surface area contributed by atoms with Gasteiger partial charge in [0.05, 0.1) is 10.5 Å². The average Bonchev–Trinajstić information content (AvgIpc) is 2.21. The van der Waals surface area contributed by atoms with E-state index >= 15 is 0 Å². The third-order valence-corrected chi connectivity index (χ3v) is 5.59. The molecule has 0 amide bonds. The van der Waals surface area contributed by atoms with E-state index in [1.165, 1.54) is 0 Å². The Bertz CT molecular complexity index is 290. The first kappa shape index (κ1) is 16.9. The molecule has 0 saturated carbocycles. The van der Waals surface area contributed by atoms with E-state index in [1.54, 1.807) is 20.8 Å². The van der Waals surface area contributed by atoms with Crippen LogP contribution < -0.4 is 5.32 Å². The number of nitrogens with zero attached hydrogens (tertiary/aromatic N) is 1. The van der Waals surface area contributed by atoms with Crippen LogP contribution in [0.1, 0.15) is 34.6 Å². The first-order chi connectivity index (χ1) is 7.74. The Labute approximate surface area is 107 Å². The Balaban J connectivity index is 3.80. The summed E-state index contributed by atoms with van der Waals surface area (Å²) in [6.45, 7) is 14.0. The third kappa shape index (κ3) is 6.38. The van der Waals surface area contributed by atoms with Gasteiger partial charge in [-0.2, -0.15) is 0 Å². The van der Waals surface area contributed by atoms with Gasteiger partial charge in [0.1, 0.15) is 0 Å². The largest absolute Gasteiger partial charge is 0.314 e. The molecule has 0 aliphatic heterocycles. The number of sulfone groups is 1.